The number of thioether (sulfide) groups is 1. The molecule has 4 aromatic rings. The molecule has 0 aliphatic rings. The van der Waals surface area contributed by atoms with Crippen molar-refractivity contribution >= 4 is 40.2 Å². The number of methoxy groups -OCH3 is 1. The van der Waals surface area contributed by atoms with Gasteiger partial charge < -0.3 is 10.1 Å². The number of anilines is 1. The van der Waals surface area contributed by atoms with Gasteiger partial charge in [0.05, 0.1) is 40.7 Å². The fraction of sp³-hybridized carbons (Fsp3) is 0.0833. The quantitative estimate of drug-likeness (QED) is 0.264. The Balaban J connectivity index is 1.66. The Bertz CT molecular complexity index is 1420. The van der Waals surface area contributed by atoms with E-state index in [4.69, 9.17) is 4.74 Å². The summed E-state index contributed by atoms with van der Waals surface area (Å²) in [6.45, 7) is 0. The number of aromatic nitrogens is 2. The van der Waals surface area contributed by atoms with Crippen molar-refractivity contribution in [2.75, 3.05) is 18.2 Å². The molecule has 0 radical (unpaired) electrons. The number of benzene rings is 3. The number of amides is 1. The Labute approximate surface area is 192 Å². The van der Waals surface area contributed by atoms with E-state index in [0.717, 1.165) is 16.3 Å². The van der Waals surface area contributed by atoms with Gasteiger partial charge in [0.1, 0.15) is 5.82 Å². The van der Waals surface area contributed by atoms with Gasteiger partial charge in [0.25, 0.3) is 5.56 Å². The number of nitrogens with zero attached hydrogens (tertiary/aromatic N) is 2. The monoisotopic (exact) mass is 463 g/mol. The molecule has 0 atom stereocenters. The van der Waals surface area contributed by atoms with E-state index in [-0.39, 0.29) is 22.2 Å². The molecular formula is C24H18FN3O4S. The van der Waals surface area contributed by atoms with Gasteiger partial charge in [-0.25, -0.2) is 14.2 Å². The second-order valence-electron chi connectivity index (χ2n) is 6.88. The first-order chi connectivity index (χ1) is 16.0. The zero-order chi connectivity index (χ0) is 23.4. The van der Waals surface area contributed by atoms with Crippen LogP contribution in [0.5, 0.6) is 0 Å². The van der Waals surface area contributed by atoms with Crippen molar-refractivity contribution in [3.05, 3.63) is 94.5 Å². The minimum atomic E-state index is -0.588. The molecule has 0 saturated carbocycles. The summed E-state index contributed by atoms with van der Waals surface area (Å²) in [6.07, 6.45) is 0. The third-order valence-corrected chi connectivity index (χ3v) is 5.72. The molecule has 0 fully saturated rings. The van der Waals surface area contributed by atoms with Crippen molar-refractivity contribution in [3.63, 3.8) is 0 Å². The summed E-state index contributed by atoms with van der Waals surface area (Å²) in [5.74, 6) is -1.73. The number of rotatable bonds is 6. The summed E-state index contributed by atoms with van der Waals surface area (Å²) < 4.78 is 20.5. The SMILES string of the molecule is COC(=O)c1ccccc1NC(=O)CSc1nc2ccccc2c(=O)n1-c1ccccc1F. The number of hydrogen-bond acceptors (Lipinski definition) is 6. The summed E-state index contributed by atoms with van der Waals surface area (Å²) in [7, 11) is 1.25. The molecule has 1 aromatic heterocycles. The molecule has 0 spiro atoms. The molecule has 0 unspecified atom stereocenters. The van der Waals surface area contributed by atoms with Crippen LogP contribution in [0.3, 0.4) is 0 Å². The maximum Gasteiger partial charge on any atom is 0.339 e. The highest BCUT2D eigenvalue weighted by atomic mass is 32.2. The first-order valence-corrected chi connectivity index (χ1v) is 10.8. The van der Waals surface area contributed by atoms with Crippen LogP contribution in [0.15, 0.2) is 82.7 Å². The molecular weight excluding hydrogens is 445 g/mol. The maximum atomic E-state index is 14.6. The summed E-state index contributed by atoms with van der Waals surface area (Å²) in [5, 5.41) is 3.17. The van der Waals surface area contributed by atoms with Crippen LogP contribution in [0.2, 0.25) is 0 Å². The molecule has 3 aromatic carbocycles. The van der Waals surface area contributed by atoms with Crippen molar-refractivity contribution in [2.24, 2.45) is 0 Å². The Hall–Kier alpha value is -3.98. The fourth-order valence-electron chi connectivity index (χ4n) is 3.25. The van der Waals surface area contributed by atoms with Crippen molar-refractivity contribution < 1.29 is 18.7 Å². The lowest BCUT2D eigenvalue weighted by Gasteiger charge is -2.14. The third-order valence-electron chi connectivity index (χ3n) is 4.78. The molecule has 1 N–H and O–H groups in total. The molecule has 166 valence electrons. The van der Waals surface area contributed by atoms with Gasteiger partial charge in [0.2, 0.25) is 5.91 Å². The molecule has 0 saturated heterocycles. The zero-order valence-electron chi connectivity index (χ0n) is 17.4. The molecule has 0 aliphatic carbocycles. The molecule has 0 aliphatic heterocycles. The predicted molar refractivity (Wildman–Crippen MR) is 124 cm³/mol. The smallest absolute Gasteiger partial charge is 0.339 e. The number of hydrogen-bond donors (Lipinski definition) is 1. The zero-order valence-corrected chi connectivity index (χ0v) is 18.3. The van der Waals surface area contributed by atoms with Crippen molar-refractivity contribution in [1.82, 2.24) is 9.55 Å². The third kappa shape index (κ3) is 4.63. The second kappa shape index (κ2) is 9.66. The van der Waals surface area contributed by atoms with E-state index < -0.39 is 23.3 Å². The van der Waals surface area contributed by atoms with E-state index in [0.29, 0.717) is 16.6 Å². The van der Waals surface area contributed by atoms with Crippen LogP contribution in [0.25, 0.3) is 16.6 Å². The fourth-order valence-corrected chi connectivity index (χ4v) is 4.06. The van der Waals surface area contributed by atoms with E-state index >= 15 is 0 Å². The molecule has 9 heteroatoms. The standard InChI is InChI=1S/C24H18FN3O4S/c1-32-23(31)16-9-3-6-12-19(16)26-21(29)14-33-24-27-18-11-5-2-8-15(18)22(30)28(24)20-13-7-4-10-17(20)25/h2-13H,14H2,1H3,(H,26,29). The van der Waals surface area contributed by atoms with E-state index in [1.54, 1.807) is 48.5 Å². The highest BCUT2D eigenvalue weighted by molar-refractivity contribution is 7.99. The number of carbonyl (C=O) groups is 2. The lowest BCUT2D eigenvalue weighted by atomic mass is 10.2. The van der Waals surface area contributed by atoms with Gasteiger partial charge in [-0.05, 0) is 36.4 Å². The van der Waals surface area contributed by atoms with Gasteiger partial charge >= 0.3 is 5.97 Å². The molecule has 7 nitrogen and oxygen atoms in total. The minimum Gasteiger partial charge on any atom is -0.465 e. The van der Waals surface area contributed by atoms with Gasteiger partial charge in [0.15, 0.2) is 5.16 Å². The summed E-state index contributed by atoms with van der Waals surface area (Å²) >= 11 is 0.984. The molecule has 4 rings (SSSR count). The predicted octanol–water partition coefficient (Wildman–Crippen LogP) is 4.04. The first-order valence-electron chi connectivity index (χ1n) is 9.86. The van der Waals surface area contributed by atoms with Gasteiger partial charge in [-0.15, -0.1) is 0 Å². The van der Waals surface area contributed by atoms with Crippen LogP contribution in [0, 0.1) is 5.82 Å². The van der Waals surface area contributed by atoms with E-state index in [9.17, 15) is 18.8 Å². The number of esters is 1. The van der Waals surface area contributed by atoms with Crippen LogP contribution in [0.1, 0.15) is 10.4 Å². The average molecular weight is 463 g/mol. The van der Waals surface area contributed by atoms with Crippen LogP contribution in [-0.4, -0.2) is 34.3 Å². The first kappa shape index (κ1) is 22.2. The molecule has 33 heavy (non-hydrogen) atoms. The number of carbonyl (C=O) groups excluding carboxylic acids is 2. The van der Waals surface area contributed by atoms with E-state index in [1.807, 2.05) is 0 Å². The van der Waals surface area contributed by atoms with Crippen LogP contribution >= 0.6 is 11.8 Å². The minimum absolute atomic E-state index is 0.0414. The number of fused-ring (bicyclic) bond motifs is 1. The lowest BCUT2D eigenvalue weighted by molar-refractivity contribution is -0.113. The van der Waals surface area contributed by atoms with Gasteiger partial charge in [0, 0.05) is 0 Å². The Kier molecular flexibility index (Phi) is 6.50. The highest BCUT2D eigenvalue weighted by Crippen LogP contribution is 2.23. The van der Waals surface area contributed by atoms with E-state index in [1.165, 1.54) is 31.4 Å². The highest BCUT2D eigenvalue weighted by Gasteiger charge is 2.18. The summed E-state index contributed by atoms with van der Waals surface area (Å²) in [4.78, 5) is 42.2. The lowest BCUT2D eigenvalue weighted by Crippen LogP contribution is -2.24. The van der Waals surface area contributed by atoms with E-state index in [2.05, 4.69) is 10.3 Å². The number of ether oxygens (including phenoxy) is 1. The Morgan fingerprint density at radius 3 is 2.52 bits per heavy atom. The van der Waals surface area contributed by atoms with Crippen LogP contribution < -0.4 is 10.9 Å². The normalized spacial score (nSPS) is 10.7. The molecule has 0 bridgehead atoms. The molecule has 1 amide bonds. The van der Waals surface area contributed by atoms with Crippen LogP contribution in [-0.2, 0) is 9.53 Å². The number of para-hydroxylation sites is 3. The number of halogens is 1. The van der Waals surface area contributed by atoms with Gasteiger partial charge in [-0.3, -0.25) is 14.2 Å². The average Bonchev–Trinajstić information content (AvgIpc) is 2.83. The Morgan fingerprint density at radius 1 is 1.03 bits per heavy atom. The maximum absolute atomic E-state index is 14.6. The summed E-state index contributed by atoms with van der Waals surface area (Å²) in [5.41, 5.74) is 0.553. The Morgan fingerprint density at radius 2 is 1.73 bits per heavy atom. The second-order valence-corrected chi connectivity index (χ2v) is 7.82. The topological polar surface area (TPSA) is 90.3 Å². The molecule has 1 heterocycles. The van der Waals surface area contributed by atoms with Gasteiger partial charge in [-0.2, -0.15) is 0 Å². The van der Waals surface area contributed by atoms with Crippen molar-refractivity contribution in [2.45, 2.75) is 5.16 Å². The largest absolute Gasteiger partial charge is 0.465 e. The van der Waals surface area contributed by atoms with Crippen molar-refractivity contribution in [1.29, 1.82) is 0 Å². The van der Waals surface area contributed by atoms with Crippen molar-refractivity contribution in [3.8, 4) is 5.69 Å². The van der Waals surface area contributed by atoms with Gasteiger partial charge in [-0.1, -0.05) is 48.2 Å². The number of nitrogens with one attached hydrogen (secondary N) is 1. The summed E-state index contributed by atoms with van der Waals surface area (Å²) in [6, 6.07) is 19.1. The van der Waals surface area contributed by atoms with Crippen LogP contribution in [0.4, 0.5) is 10.1 Å².